The van der Waals surface area contributed by atoms with Crippen LogP contribution < -0.4 is 5.32 Å². The number of nitrogens with zero attached hydrogens (tertiary/aromatic N) is 2. The predicted octanol–water partition coefficient (Wildman–Crippen LogP) is 1.70. The highest BCUT2D eigenvalue weighted by atomic mass is 16.5. The van der Waals surface area contributed by atoms with E-state index >= 15 is 0 Å². The van der Waals surface area contributed by atoms with E-state index in [9.17, 15) is 4.79 Å². The number of ether oxygens (including phenoxy) is 1. The number of carbonyl (C=O) groups excluding carboxylic acids is 1. The molecule has 1 unspecified atom stereocenters. The van der Waals surface area contributed by atoms with Gasteiger partial charge in [0.2, 0.25) is 5.91 Å². The maximum atomic E-state index is 12.1. The van der Waals surface area contributed by atoms with E-state index < -0.39 is 0 Å². The lowest BCUT2D eigenvalue weighted by Crippen LogP contribution is -2.44. The number of carbonyl (C=O) groups is 1. The molecule has 1 aliphatic heterocycles. The molecule has 1 N–H and O–H groups in total. The monoisotopic (exact) mass is 305 g/mol. The molecule has 0 radical (unpaired) electrons. The highest BCUT2D eigenvalue weighted by molar-refractivity contribution is 5.78. The molecular formula is C17H27N3O2. The quantitative estimate of drug-likeness (QED) is 0.901. The summed E-state index contributed by atoms with van der Waals surface area (Å²) in [5.74, 6) is 0.509. The molecule has 0 bridgehead atoms. The molecule has 2 aliphatic rings. The lowest BCUT2D eigenvalue weighted by Gasteiger charge is -2.36. The molecular weight excluding hydrogens is 278 g/mol. The van der Waals surface area contributed by atoms with Crippen molar-refractivity contribution in [2.75, 3.05) is 32.8 Å². The molecule has 2 fully saturated rings. The number of morpholine rings is 1. The van der Waals surface area contributed by atoms with Crippen LogP contribution in [-0.2, 0) is 16.6 Å². The Morgan fingerprint density at radius 2 is 2.23 bits per heavy atom. The van der Waals surface area contributed by atoms with E-state index in [1.807, 2.05) is 0 Å². The molecule has 1 saturated heterocycles. The Kier molecular flexibility index (Phi) is 5.16. The predicted molar refractivity (Wildman–Crippen MR) is 85.5 cm³/mol. The van der Waals surface area contributed by atoms with E-state index in [2.05, 4.69) is 40.2 Å². The maximum Gasteiger partial charge on any atom is 0.223 e. The van der Waals surface area contributed by atoms with Gasteiger partial charge in [-0.2, -0.15) is 0 Å². The summed E-state index contributed by atoms with van der Waals surface area (Å²) in [6, 6.07) is 4.52. The topological polar surface area (TPSA) is 46.5 Å². The fourth-order valence-corrected chi connectivity index (χ4v) is 3.65. The van der Waals surface area contributed by atoms with Crippen LogP contribution in [0, 0.1) is 5.92 Å². The van der Waals surface area contributed by atoms with Crippen LogP contribution in [-0.4, -0.2) is 48.2 Å². The highest BCUT2D eigenvalue weighted by Gasteiger charge is 2.27. The van der Waals surface area contributed by atoms with E-state index in [-0.39, 0.29) is 17.9 Å². The van der Waals surface area contributed by atoms with E-state index in [0.717, 1.165) is 45.7 Å². The second-order valence-corrected chi connectivity index (χ2v) is 6.44. The first-order valence-corrected chi connectivity index (χ1v) is 8.46. The van der Waals surface area contributed by atoms with Crippen LogP contribution in [0.2, 0.25) is 0 Å². The molecule has 1 amide bonds. The van der Waals surface area contributed by atoms with Crippen molar-refractivity contribution < 1.29 is 9.53 Å². The summed E-state index contributed by atoms with van der Waals surface area (Å²) >= 11 is 0. The van der Waals surface area contributed by atoms with Gasteiger partial charge in [0.25, 0.3) is 0 Å². The van der Waals surface area contributed by atoms with Gasteiger partial charge in [-0.25, -0.2) is 0 Å². The Hall–Kier alpha value is -1.33. The Bertz CT molecular complexity index is 494. The SMILES string of the molecule is Cn1cccc1C1COCCN1CCNC(=O)C1CCCC1. The molecule has 122 valence electrons. The van der Waals surface area contributed by atoms with E-state index in [0.29, 0.717) is 0 Å². The van der Waals surface area contributed by atoms with Gasteiger partial charge in [-0.3, -0.25) is 9.69 Å². The Balaban J connectivity index is 1.51. The lowest BCUT2D eigenvalue weighted by molar-refractivity contribution is -0.124. The smallest absolute Gasteiger partial charge is 0.223 e. The molecule has 1 aliphatic carbocycles. The molecule has 0 spiro atoms. The zero-order valence-electron chi connectivity index (χ0n) is 13.5. The average Bonchev–Trinajstić information content (AvgIpc) is 3.19. The van der Waals surface area contributed by atoms with Crippen molar-refractivity contribution in [2.45, 2.75) is 31.7 Å². The summed E-state index contributed by atoms with van der Waals surface area (Å²) in [5, 5.41) is 3.12. The first-order chi connectivity index (χ1) is 10.8. The number of amides is 1. The molecule has 5 heteroatoms. The second-order valence-electron chi connectivity index (χ2n) is 6.44. The molecule has 1 aromatic rings. The zero-order chi connectivity index (χ0) is 15.4. The minimum atomic E-state index is 0.251. The normalized spacial score (nSPS) is 23.8. The van der Waals surface area contributed by atoms with Crippen LogP contribution >= 0.6 is 0 Å². The van der Waals surface area contributed by atoms with Crippen molar-refractivity contribution >= 4 is 5.91 Å². The fourth-order valence-electron chi connectivity index (χ4n) is 3.65. The third-order valence-corrected chi connectivity index (χ3v) is 4.99. The van der Waals surface area contributed by atoms with Crippen LogP contribution in [0.5, 0.6) is 0 Å². The van der Waals surface area contributed by atoms with Crippen molar-refractivity contribution in [2.24, 2.45) is 13.0 Å². The highest BCUT2D eigenvalue weighted by Crippen LogP contribution is 2.25. The van der Waals surface area contributed by atoms with Gasteiger partial charge in [0, 0.05) is 44.5 Å². The summed E-state index contributed by atoms with van der Waals surface area (Å²) in [6.45, 7) is 4.05. The van der Waals surface area contributed by atoms with Gasteiger partial charge >= 0.3 is 0 Å². The molecule has 1 saturated carbocycles. The molecule has 1 atom stereocenters. The number of aromatic nitrogens is 1. The van der Waals surface area contributed by atoms with Gasteiger partial charge in [-0.1, -0.05) is 12.8 Å². The van der Waals surface area contributed by atoms with Crippen molar-refractivity contribution in [1.29, 1.82) is 0 Å². The zero-order valence-corrected chi connectivity index (χ0v) is 13.5. The third kappa shape index (κ3) is 3.52. The summed E-state index contributed by atoms with van der Waals surface area (Å²) in [5.41, 5.74) is 1.28. The van der Waals surface area contributed by atoms with Gasteiger partial charge in [-0.15, -0.1) is 0 Å². The number of nitrogens with one attached hydrogen (secondary N) is 1. The van der Waals surface area contributed by atoms with Gasteiger partial charge in [0.05, 0.1) is 19.3 Å². The second kappa shape index (κ2) is 7.29. The fraction of sp³-hybridized carbons (Fsp3) is 0.706. The van der Waals surface area contributed by atoms with Gasteiger partial charge in [0.15, 0.2) is 0 Å². The molecule has 1 aromatic heterocycles. The Morgan fingerprint density at radius 3 is 2.95 bits per heavy atom. The molecule has 3 rings (SSSR count). The number of aryl methyl sites for hydroxylation is 1. The lowest BCUT2D eigenvalue weighted by atomic mass is 10.1. The van der Waals surface area contributed by atoms with Gasteiger partial charge in [-0.05, 0) is 25.0 Å². The summed E-state index contributed by atoms with van der Waals surface area (Å²) in [6.07, 6.45) is 6.61. The Labute approximate surface area is 132 Å². The summed E-state index contributed by atoms with van der Waals surface area (Å²) < 4.78 is 7.81. The first-order valence-electron chi connectivity index (χ1n) is 8.46. The van der Waals surface area contributed by atoms with E-state index in [1.165, 1.54) is 18.5 Å². The molecule has 2 heterocycles. The number of hydrogen-bond acceptors (Lipinski definition) is 3. The van der Waals surface area contributed by atoms with Crippen LogP contribution in [0.4, 0.5) is 0 Å². The Morgan fingerprint density at radius 1 is 1.41 bits per heavy atom. The minimum absolute atomic E-state index is 0.251. The van der Waals surface area contributed by atoms with Crippen molar-refractivity contribution in [3.8, 4) is 0 Å². The van der Waals surface area contributed by atoms with Crippen LogP contribution in [0.3, 0.4) is 0 Å². The van der Waals surface area contributed by atoms with Crippen molar-refractivity contribution in [3.63, 3.8) is 0 Å². The standard InChI is InChI=1S/C17H27N3O2/c1-19-9-4-7-15(19)16-13-22-12-11-20(16)10-8-18-17(21)14-5-2-3-6-14/h4,7,9,14,16H,2-3,5-6,8,10-13H2,1H3,(H,18,21). The molecule has 5 nitrogen and oxygen atoms in total. The average molecular weight is 305 g/mol. The maximum absolute atomic E-state index is 12.1. The van der Waals surface area contributed by atoms with E-state index in [1.54, 1.807) is 0 Å². The van der Waals surface area contributed by atoms with Crippen LogP contribution in [0.1, 0.15) is 37.4 Å². The van der Waals surface area contributed by atoms with Gasteiger partial charge in [0.1, 0.15) is 0 Å². The number of hydrogen-bond donors (Lipinski definition) is 1. The minimum Gasteiger partial charge on any atom is -0.378 e. The summed E-state index contributed by atoms with van der Waals surface area (Å²) in [4.78, 5) is 14.5. The van der Waals surface area contributed by atoms with Crippen molar-refractivity contribution in [1.82, 2.24) is 14.8 Å². The van der Waals surface area contributed by atoms with Crippen LogP contribution in [0.15, 0.2) is 18.3 Å². The first kappa shape index (κ1) is 15.6. The van der Waals surface area contributed by atoms with Gasteiger partial charge < -0.3 is 14.6 Å². The molecule has 22 heavy (non-hydrogen) atoms. The van der Waals surface area contributed by atoms with Crippen LogP contribution in [0.25, 0.3) is 0 Å². The summed E-state index contributed by atoms with van der Waals surface area (Å²) in [7, 11) is 2.07. The number of rotatable bonds is 5. The molecule has 0 aromatic carbocycles. The van der Waals surface area contributed by atoms with E-state index in [4.69, 9.17) is 4.74 Å². The third-order valence-electron chi connectivity index (χ3n) is 4.99. The largest absolute Gasteiger partial charge is 0.378 e. The van der Waals surface area contributed by atoms with Crippen molar-refractivity contribution in [3.05, 3.63) is 24.0 Å².